The summed E-state index contributed by atoms with van der Waals surface area (Å²) in [6.45, 7) is 0. The summed E-state index contributed by atoms with van der Waals surface area (Å²) in [6.07, 6.45) is 1.61. The van der Waals surface area contributed by atoms with Gasteiger partial charge < -0.3 is 9.15 Å². The van der Waals surface area contributed by atoms with Crippen molar-refractivity contribution in [1.29, 1.82) is 5.26 Å². The largest absolute Gasteiger partial charge is 0.495 e. The molecular weight excluding hydrogens is 372 g/mol. The van der Waals surface area contributed by atoms with Gasteiger partial charge in [0.2, 0.25) is 5.82 Å². The summed E-state index contributed by atoms with van der Waals surface area (Å²) in [7, 11) is 1.63. The van der Waals surface area contributed by atoms with Crippen LogP contribution in [0.5, 0.6) is 5.75 Å². The molecule has 138 valence electrons. The van der Waals surface area contributed by atoms with Gasteiger partial charge >= 0.3 is 0 Å². The molecule has 4 rings (SSSR count). The summed E-state index contributed by atoms with van der Waals surface area (Å²) in [4.78, 5) is 0. The third-order valence-corrected chi connectivity index (χ3v) is 5.13. The molecule has 6 nitrogen and oxygen atoms in total. The van der Waals surface area contributed by atoms with Gasteiger partial charge in [-0.2, -0.15) is 5.26 Å². The number of nitrogens with zero attached hydrogens (tertiary/aromatic N) is 4. The fraction of sp³-hybridized carbons (Fsp3) is 0.0952. The van der Waals surface area contributed by atoms with E-state index < -0.39 is 0 Å². The van der Waals surface area contributed by atoms with Gasteiger partial charge in [0.25, 0.3) is 0 Å². The molecule has 0 radical (unpaired) electrons. The van der Waals surface area contributed by atoms with E-state index in [1.807, 2.05) is 59.2 Å². The summed E-state index contributed by atoms with van der Waals surface area (Å²) in [6, 6.07) is 21.1. The average Bonchev–Trinajstić information content (AvgIpc) is 3.42. The number of para-hydroxylation sites is 2. The van der Waals surface area contributed by atoms with Crippen LogP contribution in [0, 0.1) is 11.3 Å². The Bertz CT molecular complexity index is 1130. The van der Waals surface area contributed by atoms with Crippen LogP contribution in [-0.4, -0.2) is 21.9 Å². The summed E-state index contributed by atoms with van der Waals surface area (Å²) < 4.78 is 13.0. The molecule has 7 heteroatoms. The number of aromatic nitrogens is 3. The van der Waals surface area contributed by atoms with Gasteiger partial charge in [-0.1, -0.05) is 36.0 Å². The molecule has 2 heterocycles. The van der Waals surface area contributed by atoms with Crippen LogP contribution in [0.25, 0.3) is 17.3 Å². The van der Waals surface area contributed by atoms with E-state index in [0.29, 0.717) is 33.8 Å². The minimum Gasteiger partial charge on any atom is -0.495 e. The number of thioether (sulfide) groups is 1. The maximum absolute atomic E-state index is 9.10. The summed E-state index contributed by atoms with van der Waals surface area (Å²) in [5.74, 6) is 2.59. The van der Waals surface area contributed by atoms with Crippen molar-refractivity contribution in [2.24, 2.45) is 0 Å². The first-order valence-electron chi connectivity index (χ1n) is 8.54. The number of rotatable bonds is 6. The highest BCUT2D eigenvalue weighted by Crippen LogP contribution is 2.33. The van der Waals surface area contributed by atoms with Gasteiger partial charge in [-0.05, 0) is 42.0 Å². The lowest BCUT2D eigenvalue weighted by Gasteiger charge is -2.13. The molecule has 0 saturated carbocycles. The minimum atomic E-state index is 0.600. The molecule has 2 aromatic heterocycles. The smallest absolute Gasteiger partial charge is 0.205 e. The predicted octanol–water partition coefficient (Wildman–Crippen LogP) is 4.70. The molecule has 0 aliphatic rings. The van der Waals surface area contributed by atoms with Crippen LogP contribution in [0.15, 0.2) is 76.5 Å². The molecule has 0 fully saturated rings. The molecule has 0 unspecified atom stereocenters. The van der Waals surface area contributed by atoms with E-state index in [-0.39, 0.29) is 0 Å². The van der Waals surface area contributed by atoms with E-state index in [1.54, 1.807) is 19.4 Å². The number of ether oxygens (including phenoxy) is 1. The van der Waals surface area contributed by atoms with E-state index in [1.165, 1.54) is 11.8 Å². The Morgan fingerprint density at radius 3 is 2.79 bits per heavy atom. The Hall–Kier alpha value is -3.50. The Labute approximate surface area is 166 Å². The molecule has 0 N–H and O–H groups in total. The van der Waals surface area contributed by atoms with Crippen LogP contribution in [0.1, 0.15) is 11.1 Å². The van der Waals surface area contributed by atoms with E-state index >= 15 is 0 Å². The maximum Gasteiger partial charge on any atom is 0.205 e. The molecule has 2 aromatic carbocycles. The van der Waals surface area contributed by atoms with Crippen LogP contribution in [0.4, 0.5) is 0 Å². The monoisotopic (exact) mass is 388 g/mol. The van der Waals surface area contributed by atoms with E-state index in [9.17, 15) is 0 Å². The quantitative estimate of drug-likeness (QED) is 0.446. The van der Waals surface area contributed by atoms with Crippen LogP contribution in [0.3, 0.4) is 0 Å². The van der Waals surface area contributed by atoms with Crippen LogP contribution in [-0.2, 0) is 5.75 Å². The van der Waals surface area contributed by atoms with E-state index in [4.69, 9.17) is 14.4 Å². The molecule has 0 spiro atoms. The Morgan fingerprint density at radius 1 is 1.11 bits per heavy atom. The van der Waals surface area contributed by atoms with Crippen LogP contribution < -0.4 is 4.74 Å². The van der Waals surface area contributed by atoms with Crippen molar-refractivity contribution in [3.8, 4) is 29.1 Å². The van der Waals surface area contributed by atoms with Gasteiger partial charge in [0, 0.05) is 5.75 Å². The van der Waals surface area contributed by atoms with E-state index in [2.05, 4.69) is 16.3 Å². The Morgan fingerprint density at radius 2 is 2.00 bits per heavy atom. The Balaban J connectivity index is 1.74. The number of methoxy groups -OCH3 is 1. The zero-order chi connectivity index (χ0) is 19.3. The molecule has 0 atom stereocenters. The van der Waals surface area contributed by atoms with Gasteiger partial charge in [-0.3, -0.25) is 4.57 Å². The second-order valence-electron chi connectivity index (χ2n) is 5.89. The zero-order valence-corrected chi connectivity index (χ0v) is 15.9. The first-order chi connectivity index (χ1) is 13.8. The first kappa shape index (κ1) is 17.9. The summed E-state index contributed by atoms with van der Waals surface area (Å²) in [5.41, 5.74) is 2.51. The van der Waals surface area contributed by atoms with Crippen LogP contribution >= 0.6 is 11.8 Å². The van der Waals surface area contributed by atoms with Crippen molar-refractivity contribution in [1.82, 2.24) is 14.8 Å². The zero-order valence-electron chi connectivity index (χ0n) is 15.1. The van der Waals surface area contributed by atoms with Crippen molar-refractivity contribution in [2.45, 2.75) is 10.9 Å². The number of hydrogen-bond acceptors (Lipinski definition) is 6. The molecular formula is C21H16N4O2S. The first-order valence-corrected chi connectivity index (χ1v) is 9.53. The lowest BCUT2D eigenvalue weighted by atomic mass is 10.2. The van der Waals surface area contributed by atoms with Gasteiger partial charge in [-0.15, -0.1) is 10.2 Å². The molecule has 0 saturated heterocycles. The Kier molecular flexibility index (Phi) is 5.13. The van der Waals surface area contributed by atoms with Gasteiger partial charge in [-0.25, -0.2) is 0 Å². The SMILES string of the molecule is COc1ccccc1-n1c(SCc2cccc(C#N)c2)nnc1-c1ccco1. The maximum atomic E-state index is 9.10. The molecule has 0 bridgehead atoms. The number of nitriles is 1. The molecule has 0 amide bonds. The minimum absolute atomic E-state index is 0.600. The fourth-order valence-corrected chi connectivity index (χ4v) is 3.73. The number of furan rings is 1. The standard InChI is InChI=1S/C21H16N4O2S/c1-26-18-9-3-2-8-17(18)25-20(19-10-5-11-27-19)23-24-21(25)28-14-16-7-4-6-15(12-16)13-22/h2-12H,14H2,1H3. The fourth-order valence-electron chi connectivity index (χ4n) is 2.84. The highest BCUT2D eigenvalue weighted by Gasteiger charge is 2.20. The second-order valence-corrected chi connectivity index (χ2v) is 6.83. The van der Waals surface area contributed by atoms with Gasteiger partial charge in [0.1, 0.15) is 5.75 Å². The van der Waals surface area contributed by atoms with Crippen molar-refractivity contribution in [2.75, 3.05) is 7.11 Å². The average molecular weight is 388 g/mol. The molecule has 0 aliphatic carbocycles. The van der Waals surface area contributed by atoms with Crippen molar-refractivity contribution >= 4 is 11.8 Å². The van der Waals surface area contributed by atoms with Gasteiger partial charge in [0.05, 0.1) is 30.7 Å². The van der Waals surface area contributed by atoms with Crippen molar-refractivity contribution < 1.29 is 9.15 Å². The van der Waals surface area contributed by atoms with Crippen molar-refractivity contribution in [3.63, 3.8) is 0 Å². The summed E-state index contributed by atoms with van der Waals surface area (Å²) >= 11 is 1.53. The lowest BCUT2D eigenvalue weighted by molar-refractivity contribution is 0.412. The number of hydrogen-bond donors (Lipinski definition) is 0. The lowest BCUT2D eigenvalue weighted by Crippen LogP contribution is -2.02. The topological polar surface area (TPSA) is 76.9 Å². The summed E-state index contributed by atoms with van der Waals surface area (Å²) in [5, 5.41) is 18.5. The predicted molar refractivity (Wildman–Crippen MR) is 106 cm³/mol. The molecule has 4 aromatic rings. The van der Waals surface area contributed by atoms with E-state index in [0.717, 1.165) is 11.3 Å². The third kappa shape index (κ3) is 3.50. The highest BCUT2D eigenvalue weighted by molar-refractivity contribution is 7.98. The number of benzene rings is 2. The van der Waals surface area contributed by atoms with Gasteiger partial charge in [0.15, 0.2) is 10.9 Å². The highest BCUT2D eigenvalue weighted by atomic mass is 32.2. The molecule has 0 aliphatic heterocycles. The third-order valence-electron chi connectivity index (χ3n) is 4.13. The van der Waals surface area contributed by atoms with Crippen molar-refractivity contribution in [3.05, 3.63) is 78.1 Å². The van der Waals surface area contributed by atoms with Crippen LogP contribution in [0.2, 0.25) is 0 Å². The second kappa shape index (κ2) is 8.03. The molecule has 28 heavy (non-hydrogen) atoms. The normalized spacial score (nSPS) is 10.6.